The van der Waals surface area contributed by atoms with Gasteiger partial charge < -0.3 is 5.32 Å². The molecule has 0 aromatic heterocycles. The van der Waals surface area contributed by atoms with Crippen LogP contribution in [-0.2, 0) is 0 Å². The summed E-state index contributed by atoms with van der Waals surface area (Å²) in [5, 5.41) is 3.08. The molecule has 0 aliphatic carbocycles. The van der Waals surface area contributed by atoms with Gasteiger partial charge in [0.25, 0.3) is 0 Å². The molecular weight excluding hydrogens is 232 g/mol. The zero-order chi connectivity index (χ0) is 13.1. The minimum atomic E-state index is -0.558. The Hall–Kier alpha value is -1.74. The van der Waals surface area contributed by atoms with E-state index in [-0.39, 0.29) is 6.04 Å². The maximum absolute atomic E-state index is 13.2. The quantitative estimate of drug-likeness (QED) is 0.874. The number of aryl methyl sites for hydroxylation is 1. The summed E-state index contributed by atoms with van der Waals surface area (Å²) in [4.78, 5) is 0. The van der Waals surface area contributed by atoms with Crippen LogP contribution in [0, 0.1) is 18.6 Å². The second kappa shape index (κ2) is 5.27. The lowest BCUT2D eigenvalue weighted by Crippen LogP contribution is -2.18. The van der Waals surface area contributed by atoms with Crippen molar-refractivity contribution in [1.29, 1.82) is 0 Å². The molecule has 1 unspecified atom stereocenters. The minimum absolute atomic E-state index is 0.212. The predicted octanol–water partition coefficient (Wildman–Crippen LogP) is 3.58. The van der Waals surface area contributed by atoms with E-state index in [0.29, 0.717) is 5.56 Å². The van der Waals surface area contributed by atoms with Crippen molar-refractivity contribution in [2.45, 2.75) is 13.0 Å². The van der Waals surface area contributed by atoms with Crippen LogP contribution < -0.4 is 5.32 Å². The Kier molecular flexibility index (Phi) is 3.72. The summed E-state index contributed by atoms with van der Waals surface area (Å²) >= 11 is 0. The van der Waals surface area contributed by atoms with E-state index < -0.39 is 11.6 Å². The highest BCUT2D eigenvalue weighted by Crippen LogP contribution is 2.23. The number of rotatable bonds is 3. The van der Waals surface area contributed by atoms with E-state index in [1.807, 2.05) is 31.2 Å². The van der Waals surface area contributed by atoms with E-state index in [1.54, 1.807) is 7.05 Å². The molecule has 0 amide bonds. The molecule has 0 bridgehead atoms. The minimum Gasteiger partial charge on any atom is -0.309 e. The van der Waals surface area contributed by atoms with Crippen LogP contribution in [0.15, 0.2) is 42.5 Å². The van der Waals surface area contributed by atoms with Crippen molar-refractivity contribution >= 4 is 0 Å². The molecule has 1 atom stereocenters. The second-order valence-electron chi connectivity index (χ2n) is 4.34. The van der Waals surface area contributed by atoms with Crippen molar-refractivity contribution in [1.82, 2.24) is 5.32 Å². The van der Waals surface area contributed by atoms with Crippen LogP contribution in [0.25, 0.3) is 0 Å². The molecule has 2 rings (SSSR count). The Balaban J connectivity index is 2.41. The molecule has 0 aliphatic rings. The summed E-state index contributed by atoms with van der Waals surface area (Å²) in [5.41, 5.74) is 2.71. The molecule has 0 heterocycles. The topological polar surface area (TPSA) is 12.0 Å². The number of hydrogen-bond acceptors (Lipinski definition) is 1. The summed E-state index contributed by atoms with van der Waals surface area (Å²) in [6, 6.07) is 11.2. The van der Waals surface area contributed by atoms with Gasteiger partial charge in [-0.3, -0.25) is 0 Å². The van der Waals surface area contributed by atoms with E-state index in [1.165, 1.54) is 12.1 Å². The lowest BCUT2D eigenvalue weighted by Gasteiger charge is -2.17. The number of hydrogen-bond donors (Lipinski definition) is 1. The molecule has 94 valence electrons. The molecule has 1 nitrogen and oxygen atoms in total. The third-order valence-corrected chi connectivity index (χ3v) is 2.92. The second-order valence-corrected chi connectivity index (χ2v) is 4.34. The van der Waals surface area contributed by atoms with Crippen molar-refractivity contribution in [3.63, 3.8) is 0 Å². The van der Waals surface area contributed by atoms with Gasteiger partial charge in [0.2, 0.25) is 0 Å². The highest BCUT2D eigenvalue weighted by molar-refractivity contribution is 5.33. The van der Waals surface area contributed by atoms with Crippen LogP contribution in [0.1, 0.15) is 22.7 Å². The molecule has 0 spiro atoms. The Morgan fingerprint density at radius 2 is 1.44 bits per heavy atom. The molecule has 2 aromatic carbocycles. The highest BCUT2D eigenvalue weighted by Gasteiger charge is 2.13. The molecule has 0 saturated carbocycles. The van der Waals surface area contributed by atoms with E-state index in [2.05, 4.69) is 5.32 Å². The van der Waals surface area contributed by atoms with Crippen LogP contribution in [0.5, 0.6) is 0 Å². The summed E-state index contributed by atoms with van der Waals surface area (Å²) in [7, 11) is 1.77. The first-order chi connectivity index (χ1) is 8.60. The molecule has 3 heteroatoms. The summed E-state index contributed by atoms with van der Waals surface area (Å²) in [6.45, 7) is 2.00. The van der Waals surface area contributed by atoms with Crippen LogP contribution in [0.2, 0.25) is 0 Å². The predicted molar refractivity (Wildman–Crippen MR) is 68.4 cm³/mol. The summed E-state index contributed by atoms with van der Waals surface area (Å²) in [6.07, 6.45) is 0. The van der Waals surface area contributed by atoms with Gasteiger partial charge in [0, 0.05) is 6.07 Å². The van der Waals surface area contributed by atoms with Gasteiger partial charge in [-0.15, -0.1) is 0 Å². The number of benzene rings is 2. The third-order valence-electron chi connectivity index (χ3n) is 2.92. The molecule has 2 aromatic rings. The standard InChI is InChI=1S/C15H15F2N/c1-10-3-5-11(6-4-10)15(18-2)12-7-13(16)9-14(17)8-12/h3-9,15,18H,1-2H3. The fourth-order valence-electron chi connectivity index (χ4n) is 2.03. The van der Waals surface area contributed by atoms with E-state index in [0.717, 1.165) is 17.2 Å². The maximum atomic E-state index is 13.2. The fourth-order valence-corrected chi connectivity index (χ4v) is 2.03. The van der Waals surface area contributed by atoms with Gasteiger partial charge in [0.15, 0.2) is 0 Å². The largest absolute Gasteiger partial charge is 0.309 e. The lowest BCUT2D eigenvalue weighted by atomic mass is 9.98. The monoisotopic (exact) mass is 247 g/mol. The van der Waals surface area contributed by atoms with E-state index >= 15 is 0 Å². The van der Waals surface area contributed by atoms with Gasteiger partial charge in [-0.2, -0.15) is 0 Å². The van der Waals surface area contributed by atoms with Gasteiger partial charge in [0.1, 0.15) is 11.6 Å². The Bertz CT molecular complexity index is 514. The van der Waals surface area contributed by atoms with Gasteiger partial charge in [-0.25, -0.2) is 8.78 Å². The molecule has 0 radical (unpaired) electrons. The van der Waals surface area contributed by atoms with Crippen molar-refractivity contribution in [3.8, 4) is 0 Å². The SMILES string of the molecule is CNC(c1ccc(C)cc1)c1cc(F)cc(F)c1. The average Bonchev–Trinajstić information content (AvgIpc) is 2.31. The summed E-state index contributed by atoms with van der Waals surface area (Å²) in [5.74, 6) is -1.12. The van der Waals surface area contributed by atoms with Gasteiger partial charge in [-0.1, -0.05) is 29.8 Å². The van der Waals surface area contributed by atoms with Gasteiger partial charge in [-0.05, 0) is 37.2 Å². The third kappa shape index (κ3) is 2.74. The molecule has 0 saturated heterocycles. The van der Waals surface area contributed by atoms with Crippen molar-refractivity contribution in [2.24, 2.45) is 0 Å². The Morgan fingerprint density at radius 1 is 0.889 bits per heavy atom. The smallest absolute Gasteiger partial charge is 0.126 e. The molecule has 18 heavy (non-hydrogen) atoms. The zero-order valence-electron chi connectivity index (χ0n) is 10.4. The first kappa shape index (κ1) is 12.7. The lowest BCUT2D eigenvalue weighted by molar-refractivity contribution is 0.571. The highest BCUT2D eigenvalue weighted by atomic mass is 19.1. The van der Waals surface area contributed by atoms with Crippen molar-refractivity contribution in [2.75, 3.05) is 7.05 Å². The first-order valence-corrected chi connectivity index (χ1v) is 5.80. The van der Waals surface area contributed by atoms with Crippen LogP contribution in [0.4, 0.5) is 8.78 Å². The molecule has 0 fully saturated rings. The van der Waals surface area contributed by atoms with Gasteiger partial charge >= 0.3 is 0 Å². The molecule has 0 aliphatic heterocycles. The average molecular weight is 247 g/mol. The van der Waals surface area contributed by atoms with Crippen molar-refractivity contribution in [3.05, 3.63) is 70.8 Å². The normalized spacial score (nSPS) is 12.4. The zero-order valence-corrected chi connectivity index (χ0v) is 10.4. The summed E-state index contributed by atoms with van der Waals surface area (Å²) < 4.78 is 26.5. The van der Waals surface area contributed by atoms with Crippen LogP contribution in [0.3, 0.4) is 0 Å². The molecular formula is C15H15F2N. The number of halogens is 2. The van der Waals surface area contributed by atoms with Crippen molar-refractivity contribution < 1.29 is 8.78 Å². The van der Waals surface area contributed by atoms with Gasteiger partial charge in [0.05, 0.1) is 6.04 Å². The number of nitrogens with one attached hydrogen (secondary N) is 1. The molecule has 1 N–H and O–H groups in total. The van der Waals surface area contributed by atoms with E-state index in [4.69, 9.17) is 0 Å². The Morgan fingerprint density at radius 3 is 1.94 bits per heavy atom. The Labute approximate surface area is 105 Å². The van der Waals surface area contributed by atoms with Crippen LogP contribution in [-0.4, -0.2) is 7.05 Å². The van der Waals surface area contributed by atoms with E-state index in [9.17, 15) is 8.78 Å². The fraction of sp³-hybridized carbons (Fsp3) is 0.200. The maximum Gasteiger partial charge on any atom is 0.126 e. The first-order valence-electron chi connectivity index (χ1n) is 5.80. The van der Waals surface area contributed by atoms with Crippen LogP contribution >= 0.6 is 0 Å².